The molecule has 1 amide bonds. The molecule has 1 saturated heterocycles. The quantitative estimate of drug-likeness (QED) is 0.706. The zero-order valence-corrected chi connectivity index (χ0v) is 17.7. The number of H-pyrrole nitrogens is 1. The van der Waals surface area contributed by atoms with E-state index in [-0.39, 0.29) is 18.1 Å². The maximum Gasteiger partial charge on any atom is 0.340 e. The Morgan fingerprint density at radius 3 is 2.79 bits per heavy atom. The van der Waals surface area contributed by atoms with Crippen molar-refractivity contribution in [3.8, 4) is 0 Å². The Hall–Kier alpha value is -2.12. The molecule has 0 bridgehead atoms. The Labute approximate surface area is 169 Å². The van der Waals surface area contributed by atoms with E-state index in [2.05, 4.69) is 4.98 Å². The van der Waals surface area contributed by atoms with Gasteiger partial charge in [0, 0.05) is 23.7 Å². The summed E-state index contributed by atoms with van der Waals surface area (Å²) in [4.78, 5) is 31.9. The van der Waals surface area contributed by atoms with E-state index >= 15 is 0 Å². The molecule has 1 aliphatic rings. The van der Waals surface area contributed by atoms with Gasteiger partial charge < -0.3 is 19.4 Å². The summed E-state index contributed by atoms with van der Waals surface area (Å²) in [6.07, 6.45) is 1.83. The smallest absolute Gasteiger partial charge is 0.340 e. The summed E-state index contributed by atoms with van der Waals surface area (Å²) in [5, 5.41) is 2.01. The monoisotopic (exact) mass is 404 g/mol. The minimum Gasteiger partial charge on any atom is -0.459 e. The zero-order chi connectivity index (χ0) is 20.3. The molecular formula is C21H28N2O4S. The van der Waals surface area contributed by atoms with Crippen molar-refractivity contribution in [2.75, 3.05) is 13.2 Å². The van der Waals surface area contributed by atoms with Crippen LogP contribution >= 0.6 is 11.3 Å². The van der Waals surface area contributed by atoms with Crippen LogP contribution in [0.2, 0.25) is 0 Å². The van der Waals surface area contributed by atoms with Crippen molar-refractivity contribution in [3.63, 3.8) is 0 Å². The minimum absolute atomic E-state index is 0.0608. The van der Waals surface area contributed by atoms with E-state index in [0.717, 1.165) is 24.3 Å². The molecule has 0 saturated carbocycles. The van der Waals surface area contributed by atoms with Gasteiger partial charge in [-0.1, -0.05) is 6.07 Å². The van der Waals surface area contributed by atoms with Crippen LogP contribution in [0.25, 0.3) is 0 Å². The van der Waals surface area contributed by atoms with Gasteiger partial charge in [0.1, 0.15) is 5.69 Å². The van der Waals surface area contributed by atoms with Crippen LogP contribution in [0.1, 0.15) is 63.7 Å². The predicted molar refractivity (Wildman–Crippen MR) is 109 cm³/mol. The van der Waals surface area contributed by atoms with Gasteiger partial charge in [-0.2, -0.15) is 0 Å². The summed E-state index contributed by atoms with van der Waals surface area (Å²) >= 11 is 1.63. The van der Waals surface area contributed by atoms with Crippen molar-refractivity contribution in [1.29, 1.82) is 0 Å². The highest BCUT2D eigenvalue weighted by Gasteiger charge is 2.29. The molecule has 0 aliphatic carbocycles. The van der Waals surface area contributed by atoms with Crippen LogP contribution < -0.4 is 0 Å². The van der Waals surface area contributed by atoms with Gasteiger partial charge in [-0.05, 0) is 57.5 Å². The van der Waals surface area contributed by atoms with Gasteiger partial charge in [0.25, 0.3) is 5.91 Å². The van der Waals surface area contributed by atoms with Crippen molar-refractivity contribution in [3.05, 3.63) is 44.9 Å². The molecule has 2 aromatic heterocycles. The van der Waals surface area contributed by atoms with Gasteiger partial charge in [-0.15, -0.1) is 11.3 Å². The third-order valence-corrected chi connectivity index (χ3v) is 5.72. The van der Waals surface area contributed by atoms with Crippen molar-refractivity contribution < 1.29 is 19.1 Å². The lowest BCUT2D eigenvalue weighted by Crippen LogP contribution is -2.37. The van der Waals surface area contributed by atoms with E-state index in [4.69, 9.17) is 9.47 Å². The number of aromatic nitrogens is 1. The van der Waals surface area contributed by atoms with E-state index in [0.29, 0.717) is 35.6 Å². The molecular weight excluding hydrogens is 376 g/mol. The molecule has 3 rings (SSSR count). The number of hydrogen-bond donors (Lipinski definition) is 1. The third-order valence-electron chi connectivity index (χ3n) is 4.86. The van der Waals surface area contributed by atoms with Crippen LogP contribution in [0.15, 0.2) is 17.5 Å². The van der Waals surface area contributed by atoms with Crippen LogP contribution in [-0.4, -0.2) is 47.1 Å². The third kappa shape index (κ3) is 4.64. The fraction of sp³-hybridized carbons (Fsp3) is 0.524. The summed E-state index contributed by atoms with van der Waals surface area (Å²) in [6, 6.07) is 4.01. The normalized spacial score (nSPS) is 16.5. The number of nitrogens with one attached hydrogen (secondary N) is 1. The summed E-state index contributed by atoms with van der Waals surface area (Å²) < 4.78 is 11.1. The number of nitrogens with zero attached hydrogens (tertiary/aromatic N) is 1. The lowest BCUT2D eigenvalue weighted by molar-refractivity contribution is 0.0376. The standard InChI is InChI=1S/C21H28N2O4S/c1-13(2)27-21(25)18-14(3)19(22-15(18)4)20(24)23(11-16-7-5-9-26-16)12-17-8-6-10-28-17/h6,8,10,13,16,22H,5,7,9,11-12H2,1-4H3. The second-order valence-electron chi connectivity index (χ2n) is 7.48. The average Bonchev–Trinajstić information content (AvgIpc) is 3.35. The molecule has 0 aromatic carbocycles. The highest BCUT2D eigenvalue weighted by molar-refractivity contribution is 7.09. The Morgan fingerprint density at radius 2 is 2.18 bits per heavy atom. The maximum atomic E-state index is 13.4. The van der Waals surface area contributed by atoms with Gasteiger partial charge >= 0.3 is 5.97 Å². The van der Waals surface area contributed by atoms with Gasteiger partial charge in [0.2, 0.25) is 0 Å². The molecule has 0 spiro atoms. The van der Waals surface area contributed by atoms with E-state index in [1.807, 2.05) is 36.3 Å². The van der Waals surface area contributed by atoms with Crippen molar-refractivity contribution in [2.24, 2.45) is 0 Å². The predicted octanol–water partition coefficient (Wildman–Crippen LogP) is 4.08. The highest BCUT2D eigenvalue weighted by Crippen LogP contribution is 2.24. The van der Waals surface area contributed by atoms with Gasteiger partial charge in [0.05, 0.1) is 24.3 Å². The molecule has 1 atom stereocenters. The molecule has 2 aromatic rings. The van der Waals surface area contributed by atoms with Gasteiger partial charge in [0.15, 0.2) is 0 Å². The Morgan fingerprint density at radius 1 is 1.39 bits per heavy atom. The number of carbonyl (C=O) groups is 2. The summed E-state index contributed by atoms with van der Waals surface area (Å²) in [7, 11) is 0. The molecule has 152 valence electrons. The van der Waals surface area contributed by atoms with Crippen LogP contribution in [0.5, 0.6) is 0 Å². The first kappa shape index (κ1) is 20.6. The largest absolute Gasteiger partial charge is 0.459 e. The molecule has 0 radical (unpaired) electrons. The van der Waals surface area contributed by atoms with E-state index < -0.39 is 5.97 Å². The topological polar surface area (TPSA) is 71.6 Å². The Bertz CT molecular complexity index is 820. The molecule has 1 fully saturated rings. The van der Waals surface area contributed by atoms with E-state index in [1.165, 1.54) is 0 Å². The zero-order valence-electron chi connectivity index (χ0n) is 16.9. The lowest BCUT2D eigenvalue weighted by Gasteiger charge is -2.25. The summed E-state index contributed by atoms with van der Waals surface area (Å²) in [6.45, 7) is 9.03. The average molecular weight is 405 g/mol. The fourth-order valence-corrected chi connectivity index (χ4v) is 4.26. The van der Waals surface area contributed by atoms with Gasteiger partial charge in [-0.25, -0.2) is 4.79 Å². The summed E-state index contributed by atoms with van der Waals surface area (Å²) in [5.41, 5.74) is 2.18. The van der Waals surface area contributed by atoms with Crippen LogP contribution in [-0.2, 0) is 16.0 Å². The minimum atomic E-state index is -0.399. The molecule has 3 heterocycles. The van der Waals surface area contributed by atoms with E-state index in [9.17, 15) is 9.59 Å². The number of hydrogen-bond acceptors (Lipinski definition) is 5. The Balaban J connectivity index is 1.86. The Kier molecular flexibility index (Phi) is 6.57. The SMILES string of the molecule is Cc1[nH]c(C(=O)N(Cc2cccs2)CC2CCCO2)c(C)c1C(=O)OC(C)C. The number of thiophene rings is 1. The number of carbonyl (C=O) groups excluding carboxylic acids is 2. The van der Waals surface area contributed by atoms with Crippen LogP contribution in [0.3, 0.4) is 0 Å². The first-order chi connectivity index (χ1) is 13.4. The highest BCUT2D eigenvalue weighted by atomic mass is 32.1. The number of esters is 1. The van der Waals surface area contributed by atoms with Gasteiger partial charge in [-0.3, -0.25) is 4.79 Å². The fourth-order valence-electron chi connectivity index (χ4n) is 3.55. The van der Waals surface area contributed by atoms with Crippen LogP contribution in [0, 0.1) is 13.8 Å². The van der Waals surface area contributed by atoms with Crippen molar-refractivity contribution in [2.45, 2.75) is 59.3 Å². The number of aromatic amines is 1. The first-order valence-electron chi connectivity index (χ1n) is 9.70. The maximum absolute atomic E-state index is 13.4. The molecule has 1 aliphatic heterocycles. The second-order valence-corrected chi connectivity index (χ2v) is 8.51. The molecule has 7 heteroatoms. The number of aryl methyl sites for hydroxylation is 1. The van der Waals surface area contributed by atoms with Crippen molar-refractivity contribution in [1.82, 2.24) is 9.88 Å². The molecule has 6 nitrogen and oxygen atoms in total. The van der Waals surface area contributed by atoms with Crippen LogP contribution in [0.4, 0.5) is 0 Å². The van der Waals surface area contributed by atoms with Crippen molar-refractivity contribution >= 4 is 23.2 Å². The number of amides is 1. The molecule has 1 N–H and O–H groups in total. The summed E-state index contributed by atoms with van der Waals surface area (Å²) in [5.74, 6) is -0.516. The lowest BCUT2D eigenvalue weighted by atomic mass is 10.1. The molecule has 1 unspecified atom stereocenters. The second kappa shape index (κ2) is 8.92. The number of ether oxygens (including phenoxy) is 2. The number of rotatable bonds is 7. The first-order valence-corrected chi connectivity index (χ1v) is 10.6. The molecule has 28 heavy (non-hydrogen) atoms. The van der Waals surface area contributed by atoms with E-state index in [1.54, 1.807) is 25.2 Å².